The van der Waals surface area contributed by atoms with E-state index < -0.39 is 11.2 Å². The van der Waals surface area contributed by atoms with Crippen LogP contribution >= 0.6 is 11.6 Å². The van der Waals surface area contributed by atoms with Gasteiger partial charge in [-0.25, -0.2) is 0 Å². The van der Waals surface area contributed by atoms with Gasteiger partial charge in [0, 0.05) is 5.69 Å². The number of alkyl halides is 4. The molecular formula is C17H14ClF3N2O. The monoisotopic (exact) mass is 354 g/mol. The van der Waals surface area contributed by atoms with Gasteiger partial charge in [-0.2, -0.15) is 0 Å². The molecule has 24 heavy (non-hydrogen) atoms. The molecule has 1 aliphatic carbocycles. The molecule has 1 N–H and O–H groups in total. The standard InChI is InChI=1S/C17H14ClF3N2O/c1-16(18)10-2-3-11-4-9-14(23-15(11)16)22-12-5-7-13(8-6-12)24-17(19,20)21/h2-10,15H,1H3,(H,22,23). The molecule has 0 saturated heterocycles. The van der Waals surface area contributed by atoms with Gasteiger partial charge in [-0.15, -0.1) is 24.8 Å². The Hall–Kier alpha value is -2.21. The molecule has 1 aromatic rings. The minimum absolute atomic E-state index is 0.218. The summed E-state index contributed by atoms with van der Waals surface area (Å²) < 4.78 is 40.3. The van der Waals surface area contributed by atoms with Crippen LogP contribution in [0.15, 0.2) is 65.2 Å². The van der Waals surface area contributed by atoms with E-state index in [9.17, 15) is 13.2 Å². The number of benzene rings is 1. The van der Waals surface area contributed by atoms with Crippen LogP contribution in [0.4, 0.5) is 18.9 Å². The summed E-state index contributed by atoms with van der Waals surface area (Å²) in [5.41, 5.74) is 1.61. The zero-order valence-corrected chi connectivity index (χ0v) is 13.4. The molecule has 0 saturated carbocycles. The number of nitrogens with one attached hydrogen (secondary N) is 1. The fourth-order valence-electron chi connectivity index (χ4n) is 2.52. The summed E-state index contributed by atoms with van der Waals surface area (Å²) in [7, 11) is 0. The normalized spacial score (nSPS) is 25.6. The molecule has 2 atom stereocenters. The highest BCUT2D eigenvalue weighted by Crippen LogP contribution is 2.34. The van der Waals surface area contributed by atoms with E-state index in [1.54, 1.807) is 6.08 Å². The van der Waals surface area contributed by atoms with E-state index in [2.05, 4.69) is 15.0 Å². The largest absolute Gasteiger partial charge is 0.573 e. The van der Waals surface area contributed by atoms with Gasteiger partial charge in [-0.1, -0.05) is 24.3 Å². The molecule has 1 heterocycles. The van der Waals surface area contributed by atoms with Gasteiger partial charge in [0.15, 0.2) is 0 Å². The molecule has 1 aliphatic heterocycles. The Kier molecular flexibility index (Phi) is 4.17. The fraction of sp³-hybridized carbons (Fsp3) is 0.235. The fourth-order valence-corrected chi connectivity index (χ4v) is 2.77. The van der Waals surface area contributed by atoms with Crippen LogP contribution in [0.1, 0.15) is 6.92 Å². The van der Waals surface area contributed by atoms with Crippen LogP contribution in [0.25, 0.3) is 0 Å². The molecule has 2 aliphatic rings. The number of aliphatic imine (C=N–C) groups is 1. The summed E-state index contributed by atoms with van der Waals surface area (Å²) in [6.07, 6.45) is 4.75. The number of halogens is 4. The summed E-state index contributed by atoms with van der Waals surface area (Å²) in [5.74, 6) is 0.314. The summed E-state index contributed by atoms with van der Waals surface area (Å²) in [4.78, 5) is 3.97. The first-order chi connectivity index (χ1) is 11.2. The third kappa shape index (κ3) is 3.82. The van der Waals surface area contributed by atoms with Crippen molar-refractivity contribution in [1.82, 2.24) is 0 Å². The molecule has 3 rings (SSSR count). The second kappa shape index (κ2) is 6.02. The zero-order chi connectivity index (χ0) is 17.4. The molecule has 0 bridgehead atoms. The molecule has 0 spiro atoms. The summed E-state index contributed by atoms with van der Waals surface area (Å²) in [6, 6.07) is 5.24. The number of fused-ring (bicyclic) bond motifs is 1. The molecule has 126 valence electrons. The van der Waals surface area contributed by atoms with Crippen LogP contribution in [0.3, 0.4) is 0 Å². The highest BCUT2D eigenvalue weighted by molar-refractivity contribution is 6.26. The van der Waals surface area contributed by atoms with Crippen molar-refractivity contribution in [2.45, 2.75) is 24.2 Å². The highest BCUT2D eigenvalue weighted by Gasteiger charge is 2.35. The van der Waals surface area contributed by atoms with Crippen LogP contribution in [0.2, 0.25) is 0 Å². The number of hydrogen-bond acceptors (Lipinski definition) is 3. The molecule has 3 nitrogen and oxygen atoms in total. The van der Waals surface area contributed by atoms with Crippen LogP contribution in [0.5, 0.6) is 5.75 Å². The van der Waals surface area contributed by atoms with Crippen molar-refractivity contribution in [3.05, 3.63) is 60.2 Å². The molecule has 1 aromatic carbocycles. The van der Waals surface area contributed by atoms with Gasteiger partial charge in [0.1, 0.15) is 11.6 Å². The number of hydrogen-bond donors (Lipinski definition) is 1. The maximum absolute atomic E-state index is 12.2. The summed E-state index contributed by atoms with van der Waals surface area (Å²) in [5, 5.41) is 3.06. The Balaban J connectivity index is 1.73. The Morgan fingerprint density at radius 3 is 2.58 bits per heavy atom. The number of anilines is 1. The summed E-state index contributed by atoms with van der Waals surface area (Å²) in [6.45, 7) is 1.88. The number of nitrogens with zero attached hydrogens (tertiary/aromatic N) is 1. The lowest BCUT2D eigenvalue weighted by Crippen LogP contribution is -2.36. The van der Waals surface area contributed by atoms with Gasteiger partial charge in [-0.05, 0) is 42.8 Å². The minimum atomic E-state index is -4.70. The maximum Gasteiger partial charge on any atom is 0.573 e. The predicted octanol–water partition coefficient (Wildman–Crippen LogP) is 4.83. The first-order valence-electron chi connectivity index (χ1n) is 7.20. The van der Waals surface area contributed by atoms with Gasteiger partial charge < -0.3 is 10.1 Å². The predicted molar refractivity (Wildman–Crippen MR) is 88.6 cm³/mol. The second-order valence-electron chi connectivity index (χ2n) is 5.62. The number of rotatable bonds is 2. The zero-order valence-electron chi connectivity index (χ0n) is 12.6. The van der Waals surface area contributed by atoms with E-state index in [-0.39, 0.29) is 11.8 Å². The molecular weight excluding hydrogens is 341 g/mol. The highest BCUT2D eigenvalue weighted by atomic mass is 35.5. The van der Waals surface area contributed by atoms with E-state index in [1.165, 1.54) is 24.3 Å². The van der Waals surface area contributed by atoms with E-state index >= 15 is 0 Å². The molecule has 0 amide bonds. The number of ether oxygens (including phenoxy) is 1. The van der Waals surface area contributed by atoms with Gasteiger partial charge in [0.05, 0.1) is 10.9 Å². The van der Waals surface area contributed by atoms with Gasteiger partial charge in [-0.3, -0.25) is 4.99 Å². The average molecular weight is 355 g/mol. The smallest absolute Gasteiger partial charge is 0.406 e. The average Bonchev–Trinajstić information content (AvgIpc) is 2.48. The Morgan fingerprint density at radius 2 is 1.92 bits per heavy atom. The first-order valence-corrected chi connectivity index (χ1v) is 7.58. The van der Waals surface area contributed by atoms with Crippen molar-refractivity contribution < 1.29 is 17.9 Å². The maximum atomic E-state index is 12.2. The van der Waals surface area contributed by atoms with Crippen molar-refractivity contribution in [3.8, 4) is 5.75 Å². The van der Waals surface area contributed by atoms with Crippen molar-refractivity contribution >= 4 is 23.1 Å². The van der Waals surface area contributed by atoms with E-state index in [0.29, 0.717) is 11.5 Å². The minimum Gasteiger partial charge on any atom is -0.406 e. The molecule has 0 radical (unpaired) electrons. The van der Waals surface area contributed by atoms with Gasteiger partial charge in [0.25, 0.3) is 0 Å². The van der Waals surface area contributed by atoms with Crippen LogP contribution in [-0.2, 0) is 0 Å². The van der Waals surface area contributed by atoms with E-state index in [1.807, 2.05) is 31.2 Å². The van der Waals surface area contributed by atoms with E-state index in [4.69, 9.17) is 11.6 Å². The van der Waals surface area contributed by atoms with Crippen LogP contribution < -0.4 is 10.1 Å². The number of dihydropyridines is 1. The first kappa shape index (κ1) is 16.6. The quantitative estimate of drug-likeness (QED) is 0.772. The van der Waals surface area contributed by atoms with E-state index in [0.717, 1.165) is 5.57 Å². The van der Waals surface area contributed by atoms with Crippen LogP contribution in [0, 0.1) is 0 Å². The van der Waals surface area contributed by atoms with Crippen molar-refractivity contribution in [2.24, 2.45) is 4.99 Å². The van der Waals surface area contributed by atoms with Crippen molar-refractivity contribution in [3.63, 3.8) is 0 Å². The van der Waals surface area contributed by atoms with Gasteiger partial charge >= 0.3 is 6.36 Å². The number of amidine groups is 1. The molecule has 7 heteroatoms. The van der Waals surface area contributed by atoms with Gasteiger partial charge in [0.2, 0.25) is 0 Å². The molecule has 2 unspecified atom stereocenters. The third-order valence-corrected chi connectivity index (χ3v) is 3.96. The second-order valence-corrected chi connectivity index (χ2v) is 6.44. The number of allylic oxidation sites excluding steroid dienone is 2. The van der Waals surface area contributed by atoms with Crippen LogP contribution in [-0.4, -0.2) is 23.1 Å². The Morgan fingerprint density at radius 1 is 1.21 bits per heavy atom. The topological polar surface area (TPSA) is 33.6 Å². The lowest BCUT2D eigenvalue weighted by Gasteiger charge is -2.32. The third-order valence-electron chi connectivity index (χ3n) is 3.62. The SMILES string of the molecule is CC1(Cl)C=CC=C2C=CC(Nc3ccc(OC(F)(F)F)cc3)=NC21. The molecule has 0 fully saturated rings. The lowest BCUT2D eigenvalue weighted by atomic mass is 9.88. The van der Waals surface area contributed by atoms with Crippen molar-refractivity contribution in [1.29, 1.82) is 0 Å². The lowest BCUT2D eigenvalue weighted by molar-refractivity contribution is -0.274. The summed E-state index contributed by atoms with van der Waals surface area (Å²) >= 11 is 6.48. The van der Waals surface area contributed by atoms with Crippen molar-refractivity contribution in [2.75, 3.05) is 5.32 Å². The molecule has 0 aromatic heterocycles. The Labute approximate surface area is 142 Å². The Bertz CT molecular complexity index is 746.